The highest BCUT2D eigenvalue weighted by atomic mass is 16.3. The third-order valence-electron chi connectivity index (χ3n) is 2.80. The Bertz CT molecular complexity index is 358. The first-order valence-corrected chi connectivity index (χ1v) is 5.29. The fourth-order valence-electron chi connectivity index (χ4n) is 1.88. The van der Waals surface area contributed by atoms with E-state index in [4.69, 9.17) is 5.11 Å². The maximum atomic E-state index is 11.5. The molecule has 3 heteroatoms. The quantitative estimate of drug-likeness (QED) is 0.788. The van der Waals surface area contributed by atoms with Gasteiger partial charge in [-0.2, -0.15) is 0 Å². The van der Waals surface area contributed by atoms with Gasteiger partial charge in [0.25, 0.3) is 0 Å². The molecule has 1 fully saturated rings. The molecule has 0 bridgehead atoms. The van der Waals surface area contributed by atoms with Crippen LogP contribution in [0.25, 0.3) is 0 Å². The van der Waals surface area contributed by atoms with Crippen LogP contribution >= 0.6 is 0 Å². The summed E-state index contributed by atoms with van der Waals surface area (Å²) in [6, 6.07) is 7.11. The summed E-state index contributed by atoms with van der Waals surface area (Å²) in [5.41, 5.74) is 1.14. The number of rotatable bonds is 3. The van der Waals surface area contributed by atoms with Crippen LogP contribution in [0.2, 0.25) is 0 Å². The minimum Gasteiger partial charge on any atom is -0.508 e. The number of carbonyl (C=O) groups is 1. The fourth-order valence-corrected chi connectivity index (χ4v) is 1.88. The Labute approximate surface area is 89.1 Å². The van der Waals surface area contributed by atoms with Gasteiger partial charge >= 0.3 is 0 Å². The molecule has 2 unspecified atom stereocenters. The van der Waals surface area contributed by atoms with E-state index in [0.717, 1.165) is 12.0 Å². The van der Waals surface area contributed by atoms with Crippen molar-refractivity contribution in [3.63, 3.8) is 0 Å². The van der Waals surface area contributed by atoms with Gasteiger partial charge in [0.2, 0.25) is 5.91 Å². The molecule has 1 aliphatic carbocycles. The SMILES string of the molecule is CCNC(=O)C1CC1c1ccc(O)cc1. The molecule has 0 aliphatic heterocycles. The summed E-state index contributed by atoms with van der Waals surface area (Å²) < 4.78 is 0. The van der Waals surface area contributed by atoms with Crippen molar-refractivity contribution in [2.45, 2.75) is 19.3 Å². The van der Waals surface area contributed by atoms with Crippen molar-refractivity contribution in [2.75, 3.05) is 6.54 Å². The topological polar surface area (TPSA) is 49.3 Å². The standard InChI is InChI=1S/C12H15NO2/c1-2-13-12(15)11-7-10(11)8-3-5-9(14)6-4-8/h3-6,10-11,14H,2,7H2,1H3,(H,13,15). The van der Waals surface area contributed by atoms with E-state index < -0.39 is 0 Å². The Morgan fingerprint density at radius 1 is 1.47 bits per heavy atom. The Morgan fingerprint density at radius 3 is 2.73 bits per heavy atom. The third kappa shape index (κ3) is 2.12. The summed E-state index contributed by atoms with van der Waals surface area (Å²) in [7, 11) is 0. The maximum absolute atomic E-state index is 11.5. The molecule has 3 nitrogen and oxygen atoms in total. The summed E-state index contributed by atoms with van der Waals surface area (Å²) in [6.07, 6.45) is 0.927. The van der Waals surface area contributed by atoms with Crippen LogP contribution in [-0.2, 0) is 4.79 Å². The van der Waals surface area contributed by atoms with Crippen LogP contribution in [-0.4, -0.2) is 17.6 Å². The highest BCUT2D eigenvalue weighted by Gasteiger charge is 2.43. The van der Waals surface area contributed by atoms with E-state index in [-0.39, 0.29) is 17.6 Å². The molecule has 0 radical (unpaired) electrons. The number of hydrogen-bond donors (Lipinski definition) is 2. The predicted molar refractivity (Wildman–Crippen MR) is 57.6 cm³/mol. The number of benzene rings is 1. The third-order valence-corrected chi connectivity index (χ3v) is 2.80. The van der Waals surface area contributed by atoms with Gasteiger partial charge in [-0.25, -0.2) is 0 Å². The van der Waals surface area contributed by atoms with E-state index in [2.05, 4.69) is 5.32 Å². The molecule has 2 rings (SSSR count). The number of amides is 1. The molecular formula is C12H15NO2. The van der Waals surface area contributed by atoms with Crippen molar-refractivity contribution in [3.8, 4) is 5.75 Å². The Morgan fingerprint density at radius 2 is 2.13 bits per heavy atom. The van der Waals surface area contributed by atoms with Crippen LogP contribution < -0.4 is 5.32 Å². The molecule has 80 valence electrons. The van der Waals surface area contributed by atoms with Crippen LogP contribution in [0, 0.1) is 5.92 Å². The summed E-state index contributed by atoms with van der Waals surface area (Å²) in [5, 5.41) is 12.0. The molecule has 0 heterocycles. The molecular weight excluding hydrogens is 190 g/mol. The highest BCUT2D eigenvalue weighted by Crippen LogP contribution is 2.47. The summed E-state index contributed by atoms with van der Waals surface area (Å²) in [5.74, 6) is 0.899. The lowest BCUT2D eigenvalue weighted by atomic mass is 10.1. The van der Waals surface area contributed by atoms with Gasteiger partial charge in [-0.05, 0) is 37.0 Å². The lowest BCUT2D eigenvalue weighted by molar-refractivity contribution is -0.122. The van der Waals surface area contributed by atoms with Gasteiger partial charge in [0.1, 0.15) is 5.75 Å². The first-order chi connectivity index (χ1) is 7.22. The van der Waals surface area contributed by atoms with E-state index in [1.54, 1.807) is 12.1 Å². The molecule has 1 amide bonds. The Balaban J connectivity index is 1.98. The molecule has 0 saturated heterocycles. The van der Waals surface area contributed by atoms with Gasteiger partial charge in [0.05, 0.1) is 0 Å². The molecule has 0 aromatic heterocycles. The van der Waals surface area contributed by atoms with Crippen LogP contribution in [0.5, 0.6) is 5.75 Å². The van der Waals surface area contributed by atoms with Crippen molar-refractivity contribution in [1.82, 2.24) is 5.32 Å². The average Bonchev–Trinajstić information content (AvgIpc) is 2.99. The first kappa shape index (κ1) is 10.0. The summed E-state index contributed by atoms with van der Waals surface area (Å²) >= 11 is 0. The van der Waals surface area contributed by atoms with Gasteiger partial charge < -0.3 is 10.4 Å². The van der Waals surface area contributed by atoms with Gasteiger partial charge in [-0.3, -0.25) is 4.79 Å². The number of hydrogen-bond acceptors (Lipinski definition) is 2. The second-order valence-corrected chi connectivity index (χ2v) is 3.93. The number of phenolic OH excluding ortho intramolecular Hbond substituents is 1. The molecule has 0 spiro atoms. The first-order valence-electron chi connectivity index (χ1n) is 5.29. The second-order valence-electron chi connectivity index (χ2n) is 3.93. The van der Waals surface area contributed by atoms with Crippen molar-refractivity contribution >= 4 is 5.91 Å². The van der Waals surface area contributed by atoms with E-state index in [9.17, 15) is 4.79 Å². The number of aromatic hydroxyl groups is 1. The number of nitrogens with one attached hydrogen (secondary N) is 1. The second kappa shape index (κ2) is 3.93. The van der Waals surface area contributed by atoms with E-state index >= 15 is 0 Å². The zero-order valence-electron chi connectivity index (χ0n) is 8.73. The lowest BCUT2D eigenvalue weighted by Crippen LogP contribution is -2.24. The van der Waals surface area contributed by atoms with Gasteiger partial charge in [-0.15, -0.1) is 0 Å². The van der Waals surface area contributed by atoms with E-state index in [1.165, 1.54) is 0 Å². The van der Waals surface area contributed by atoms with Crippen LogP contribution in [0.1, 0.15) is 24.8 Å². The van der Waals surface area contributed by atoms with Crippen molar-refractivity contribution in [1.29, 1.82) is 0 Å². The molecule has 1 aromatic rings. The van der Waals surface area contributed by atoms with Gasteiger partial charge in [-0.1, -0.05) is 12.1 Å². The van der Waals surface area contributed by atoms with Crippen LogP contribution in [0.3, 0.4) is 0 Å². The van der Waals surface area contributed by atoms with E-state index in [0.29, 0.717) is 12.5 Å². The summed E-state index contributed by atoms with van der Waals surface area (Å²) in [4.78, 5) is 11.5. The smallest absolute Gasteiger partial charge is 0.223 e. The zero-order chi connectivity index (χ0) is 10.8. The highest BCUT2D eigenvalue weighted by molar-refractivity contribution is 5.82. The van der Waals surface area contributed by atoms with E-state index in [1.807, 2.05) is 19.1 Å². The summed E-state index contributed by atoms with van der Waals surface area (Å²) in [6.45, 7) is 2.62. The Hall–Kier alpha value is -1.51. The number of phenols is 1. The van der Waals surface area contributed by atoms with Crippen LogP contribution in [0.4, 0.5) is 0 Å². The van der Waals surface area contributed by atoms with Crippen LogP contribution in [0.15, 0.2) is 24.3 Å². The van der Waals surface area contributed by atoms with Gasteiger partial charge in [0.15, 0.2) is 0 Å². The molecule has 2 N–H and O–H groups in total. The minimum absolute atomic E-state index is 0.134. The monoisotopic (exact) mass is 205 g/mol. The van der Waals surface area contributed by atoms with Gasteiger partial charge in [0, 0.05) is 12.5 Å². The molecule has 1 saturated carbocycles. The zero-order valence-corrected chi connectivity index (χ0v) is 8.73. The maximum Gasteiger partial charge on any atom is 0.223 e. The average molecular weight is 205 g/mol. The van der Waals surface area contributed by atoms with Crippen molar-refractivity contribution in [3.05, 3.63) is 29.8 Å². The predicted octanol–water partition coefficient (Wildman–Crippen LogP) is 1.63. The van der Waals surface area contributed by atoms with Crippen molar-refractivity contribution in [2.24, 2.45) is 5.92 Å². The number of carbonyl (C=O) groups excluding carboxylic acids is 1. The molecule has 1 aromatic carbocycles. The largest absolute Gasteiger partial charge is 0.508 e. The fraction of sp³-hybridized carbons (Fsp3) is 0.417. The molecule has 2 atom stereocenters. The lowest BCUT2D eigenvalue weighted by Gasteiger charge is -2.01. The molecule has 1 aliphatic rings. The molecule has 15 heavy (non-hydrogen) atoms. The van der Waals surface area contributed by atoms with Crippen molar-refractivity contribution < 1.29 is 9.90 Å². The normalized spacial score (nSPS) is 23.5. The minimum atomic E-state index is 0.134. The Kier molecular flexibility index (Phi) is 2.62.